The molecule has 1 amide bonds. The zero-order chi connectivity index (χ0) is 15.4. The average Bonchev–Trinajstić information content (AvgIpc) is 2.46. The molecular weight excluding hydrogens is 270 g/mol. The van der Waals surface area contributed by atoms with E-state index in [0.717, 1.165) is 32.4 Å². The molecule has 1 heterocycles. The highest BCUT2D eigenvalue weighted by Gasteiger charge is 2.25. The van der Waals surface area contributed by atoms with E-state index >= 15 is 0 Å². The summed E-state index contributed by atoms with van der Waals surface area (Å²) in [5, 5.41) is 10.0. The SMILES string of the molecule is [C-]#[N+]c1ccc(O)c(C(=O)N=C(N)N)c1N1CCCCC1. The number of guanidine groups is 1. The van der Waals surface area contributed by atoms with E-state index in [2.05, 4.69) is 9.84 Å². The van der Waals surface area contributed by atoms with E-state index in [-0.39, 0.29) is 17.3 Å². The summed E-state index contributed by atoms with van der Waals surface area (Å²) < 4.78 is 0. The minimum Gasteiger partial charge on any atom is -0.507 e. The maximum atomic E-state index is 12.2. The Morgan fingerprint density at radius 1 is 1.29 bits per heavy atom. The second-order valence-electron chi connectivity index (χ2n) is 4.83. The highest BCUT2D eigenvalue weighted by Crippen LogP contribution is 2.39. The summed E-state index contributed by atoms with van der Waals surface area (Å²) in [5.74, 6) is -1.34. The summed E-state index contributed by atoms with van der Waals surface area (Å²) in [6.45, 7) is 8.73. The number of aliphatic imine (C=N–C) groups is 1. The second-order valence-corrected chi connectivity index (χ2v) is 4.83. The van der Waals surface area contributed by atoms with Crippen LogP contribution in [-0.2, 0) is 0 Å². The van der Waals surface area contributed by atoms with Crippen LogP contribution in [0.2, 0.25) is 0 Å². The number of nitrogens with zero attached hydrogens (tertiary/aromatic N) is 3. The molecule has 0 atom stereocenters. The summed E-state index contributed by atoms with van der Waals surface area (Å²) in [5.41, 5.74) is 11.2. The molecule has 0 aliphatic carbocycles. The van der Waals surface area contributed by atoms with Crippen molar-refractivity contribution < 1.29 is 9.90 Å². The fourth-order valence-electron chi connectivity index (χ4n) is 2.48. The van der Waals surface area contributed by atoms with Gasteiger partial charge in [-0.25, -0.2) is 4.85 Å². The van der Waals surface area contributed by atoms with Gasteiger partial charge in [-0.15, -0.1) is 0 Å². The highest BCUT2D eigenvalue weighted by atomic mass is 16.3. The number of hydrogen-bond acceptors (Lipinski definition) is 3. The molecule has 0 radical (unpaired) electrons. The molecule has 5 N–H and O–H groups in total. The van der Waals surface area contributed by atoms with Crippen molar-refractivity contribution in [1.82, 2.24) is 0 Å². The number of nitrogens with two attached hydrogens (primary N) is 2. The van der Waals surface area contributed by atoms with Crippen molar-refractivity contribution in [2.45, 2.75) is 19.3 Å². The third kappa shape index (κ3) is 3.05. The van der Waals surface area contributed by atoms with Gasteiger partial charge < -0.3 is 21.5 Å². The number of anilines is 1. The van der Waals surface area contributed by atoms with Crippen LogP contribution >= 0.6 is 0 Å². The van der Waals surface area contributed by atoms with E-state index < -0.39 is 5.91 Å². The standard InChI is InChI=1S/C14H17N5O2/c1-17-9-5-6-10(20)11(13(21)18-14(15)16)12(9)19-7-3-2-4-8-19/h5-6,20H,2-4,7-8H2,(H4,15,16,18,21). The molecule has 7 nitrogen and oxygen atoms in total. The third-order valence-electron chi connectivity index (χ3n) is 3.37. The normalized spacial score (nSPS) is 14.3. The number of aromatic hydroxyl groups is 1. The monoisotopic (exact) mass is 287 g/mol. The molecule has 0 spiro atoms. The van der Waals surface area contributed by atoms with E-state index in [4.69, 9.17) is 18.0 Å². The number of piperidine rings is 1. The van der Waals surface area contributed by atoms with Crippen LogP contribution in [0.25, 0.3) is 4.85 Å². The van der Waals surface area contributed by atoms with Crippen molar-refractivity contribution in [1.29, 1.82) is 0 Å². The molecule has 0 saturated carbocycles. The number of phenols is 1. The van der Waals surface area contributed by atoms with Gasteiger partial charge in [0.05, 0.1) is 17.8 Å². The maximum absolute atomic E-state index is 12.2. The molecule has 0 bridgehead atoms. The summed E-state index contributed by atoms with van der Waals surface area (Å²) in [6.07, 6.45) is 3.06. The first-order valence-corrected chi connectivity index (χ1v) is 6.67. The molecule has 2 rings (SSSR count). The first-order chi connectivity index (χ1) is 10.0. The number of amides is 1. The van der Waals surface area contributed by atoms with Crippen LogP contribution in [0.4, 0.5) is 11.4 Å². The largest absolute Gasteiger partial charge is 0.507 e. The molecule has 1 fully saturated rings. The molecular formula is C14H17N5O2. The lowest BCUT2D eigenvalue weighted by molar-refractivity contribution is 0.100. The first kappa shape index (κ1) is 14.7. The Morgan fingerprint density at radius 3 is 2.52 bits per heavy atom. The van der Waals surface area contributed by atoms with Crippen LogP contribution < -0.4 is 16.4 Å². The quantitative estimate of drug-likeness (QED) is 0.432. The summed E-state index contributed by atoms with van der Waals surface area (Å²) >= 11 is 0. The smallest absolute Gasteiger partial charge is 0.284 e. The Kier molecular flexibility index (Phi) is 4.28. The number of benzene rings is 1. The Bertz CT molecular complexity index is 623. The number of rotatable bonds is 2. The second kappa shape index (κ2) is 6.13. The number of carbonyl (C=O) groups excluding carboxylic acids is 1. The molecule has 0 aromatic heterocycles. The lowest BCUT2D eigenvalue weighted by atomic mass is 10.0. The lowest BCUT2D eigenvalue weighted by Crippen LogP contribution is -2.31. The van der Waals surface area contributed by atoms with Gasteiger partial charge in [-0.05, 0) is 25.3 Å². The summed E-state index contributed by atoms with van der Waals surface area (Å²) in [4.78, 5) is 21.0. The molecule has 1 aliphatic heterocycles. The average molecular weight is 287 g/mol. The zero-order valence-electron chi connectivity index (χ0n) is 11.5. The van der Waals surface area contributed by atoms with Crippen LogP contribution in [0, 0.1) is 6.57 Å². The van der Waals surface area contributed by atoms with Crippen molar-refractivity contribution in [3.63, 3.8) is 0 Å². The number of hydrogen-bond donors (Lipinski definition) is 3. The van der Waals surface area contributed by atoms with Crippen LogP contribution in [0.15, 0.2) is 17.1 Å². The maximum Gasteiger partial charge on any atom is 0.284 e. The van der Waals surface area contributed by atoms with Gasteiger partial charge >= 0.3 is 0 Å². The van der Waals surface area contributed by atoms with Gasteiger partial charge in [0.15, 0.2) is 5.96 Å². The summed E-state index contributed by atoms with van der Waals surface area (Å²) in [6, 6.07) is 2.81. The fraction of sp³-hybridized carbons (Fsp3) is 0.357. The van der Waals surface area contributed by atoms with E-state index in [0.29, 0.717) is 11.4 Å². The van der Waals surface area contributed by atoms with Gasteiger partial charge in [0.25, 0.3) is 5.91 Å². The van der Waals surface area contributed by atoms with Crippen LogP contribution in [-0.4, -0.2) is 30.1 Å². The van der Waals surface area contributed by atoms with Gasteiger partial charge in [-0.3, -0.25) is 4.79 Å². The van der Waals surface area contributed by atoms with Crippen molar-refractivity contribution >= 4 is 23.2 Å². The highest BCUT2D eigenvalue weighted by molar-refractivity contribution is 6.09. The topological polar surface area (TPSA) is 109 Å². The molecule has 110 valence electrons. The van der Waals surface area contributed by atoms with Gasteiger partial charge in [0.2, 0.25) is 5.69 Å². The van der Waals surface area contributed by atoms with Gasteiger partial charge in [0, 0.05) is 13.1 Å². The Balaban J connectivity index is 2.59. The predicted octanol–water partition coefficient (Wildman–Crippen LogP) is 1.35. The molecule has 21 heavy (non-hydrogen) atoms. The van der Waals surface area contributed by atoms with Crippen LogP contribution in [0.3, 0.4) is 0 Å². The van der Waals surface area contributed by atoms with E-state index in [1.807, 2.05) is 4.90 Å². The summed E-state index contributed by atoms with van der Waals surface area (Å²) in [7, 11) is 0. The lowest BCUT2D eigenvalue weighted by Gasteiger charge is -2.31. The molecule has 1 aromatic rings. The Labute approximate surface area is 122 Å². The first-order valence-electron chi connectivity index (χ1n) is 6.67. The van der Waals surface area contributed by atoms with E-state index in [1.165, 1.54) is 12.1 Å². The molecule has 1 aliphatic rings. The van der Waals surface area contributed by atoms with Crippen molar-refractivity contribution in [2.75, 3.05) is 18.0 Å². The van der Waals surface area contributed by atoms with Crippen molar-refractivity contribution in [2.24, 2.45) is 16.5 Å². The third-order valence-corrected chi connectivity index (χ3v) is 3.37. The minimum atomic E-state index is -0.737. The predicted molar refractivity (Wildman–Crippen MR) is 80.6 cm³/mol. The van der Waals surface area contributed by atoms with E-state index in [9.17, 15) is 9.90 Å². The van der Waals surface area contributed by atoms with Gasteiger partial charge in [-0.2, -0.15) is 4.99 Å². The number of phenolic OH excluding ortho intramolecular Hbond substituents is 1. The van der Waals surface area contributed by atoms with Crippen molar-refractivity contribution in [3.8, 4) is 5.75 Å². The van der Waals surface area contributed by atoms with E-state index in [1.54, 1.807) is 0 Å². The Hall–Kier alpha value is -2.75. The molecule has 1 aromatic carbocycles. The molecule has 0 unspecified atom stereocenters. The number of carbonyl (C=O) groups is 1. The van der Waals surface area contributed by atoms with Gasteiger partial charge in [-0.1, -0.05) is 6.07 Å². The molecule has 7 heteroatoms. The fourth-order valence-corrected chi connectivity index (χ4v) is 2.48. The van der Waals surface area contributed by atoms with Crippen LogP contribution in [0.5, 0.6) is 5.75 Å². The Morgan fingerprint density at radius 2 is 1.95 bits per heavy atom. The van der Waals surface area contributed by atoms with Gasteiger partial charge in [0.1, 0.15) is 5.75 Å². The molecule has 1 saturated heterocycles. The van der Waals surface area contributed by atoms with Crippen LogP contribution in [0.1, 0.15) is 29.6 Å². The van der Waals surface area contributed by atoms with Crippen molar-refractivity contribution in [3.05, 3.63) is 29.1 Å². The minimum absolute atomic E-state index is 0.0150. The zero-order valence-corrected chi connectivity index (χ0v) is 11.5.